The molecule has 3 nitrogen and oxygen atoms in total. The molecule has 3 unspecified atom stereocenters. The average Bonchev–Trinajstić information content (AvgIpc) is 2.49. The van der Waals surface area contributed by atoms with E-state index in [4.69, 9.17) is 4.42 Å². The zero-order chi connectivity index (χ0) is 11.4. The first kappa shape index (κ1) is 12.3. The first-order valence-electron chi connectivity index (χ1n) is 5.49. The number of aryl methyl sites for hydroxylation is 1. The van der Waals surface area contributed by atoms with Crippen LogP contribution in [0.3, 0.4) is 0 Å². The molecule has 86 valence electrons. The summed E-state index contributed by atoms with van der Waals surface area (Å²) >= 11 is 0. The first-order valence-corrected chi connectivity index (χ1v) is 5.49. The van der Waals surface area contributed by atoms with E-state index in [1.54, 1.807) is 6.92 Å². The van der Waals surface area contributed by atoms with Gasteiger partial charge in [0.15, 0.2) is 0 Å². The second kappa shape index (κ2) is 5.33. The predicted octanol–water partition coefficient (Wildman–Crippen LogP) is 2.40. The minimum Gasteiger partial charge on any atom is -0.465 e. The lowest BCUT2D eigenvalue weighted by molar-refractivity contribution is 0.167. The highest BCUT2D eigenvalue weighted by molar-refractivity contribution is 5.09. The molecule has 1 aromatic rings. The first-order chi connectivity index (χ1) is 6.99. The minimum atomic E-state index is -0.266. The minimum absolute atomic E-state index is 0.187. The van der Waals surface area contributed by atoms with Crippen LogP contribution in [0.25, 0.3) is 0 Å². The van der Waals surface area contributed by atoms with Crippen molar-refractivity contribution in [2.45, 2.75) is 52.3 Å². The molecule has 1 rings (SSSR count). The molecule has 3 heteroatoms. The van der Waals surface area contributed by atoms with Gasteiger partial charge >= 0.3 is 0 Å². The number of nitrogens with one attached hydrogen (secondary N) is 1. The molecule has 2 N–H and O–H groups in total. The lowest BCUT2D eigenvalue weighted by Crippen LogP contribution is -2.31. The topological polar surface area (TPSA) is 45.4 Å². The summed E-state index contributed by atoms with van der Waals surface area (Å²) in [6, 6.07) is 4.42. The van der Waals surface area contributed by atoms with E-state index in [1.807, 2.05) is 19.1 Å². The molecule has 0 saturated heterocycles. The van der Waals surface area contributed by atoms with Gasteiger partial charge in [-0.05, 0) is 46.2 Å². The van der Waals surface area contributed by atoms with Gasteiger partial charge < -0.3 is 14.8 Å². The fraction of sp³-hybridized carbons (Fsp3) is 0.667. The Bertz CT molecular complexity index is 294. The van der Waals surface area contributed by atoms with E-state index in [0.717, 1.165) is 17.9 Å². The highest BCUT2D eigenvalue weighted by atomic mass is 16.3. The third-order valence-electron chi connectivity index (χ3n) is 2.42. The number of furan rings is 1. The van der Waals surface area contributed by atoms with Gasteiger partial charge in [0, 0.05) is 6.04 Å². The highest BCUT2D eigenvalue weighted by Crippen LogP contribution is 2.16. The van der Waals surface area contributed by atoms with Crippen LogP contribution >= 0.6 is 0 Å². The third kappa shape index (κ3) is 4.06. The van der Waals surface area contributed by atoms with Crippen molar-refractivity contribution in [2.75, 3.05) is 0 Å². The van der Waals surface area contributed by atoms with Crippen molar-refractivity contribution in [3.05, 3.63) is 23.7 Å². The summed E-state index contributed by atoms with van der Waals surface area (Å²) < 4.78 is 5.53. The highest BCUT2D eigenvalue weighted by Gasteiger charge is 2.13. The maximum absolute atomic E-state index is 9.25. The smallest absolute Gasteiger partial charge is 0.120 e. The Balaban J connectivity index is 2.45. The van der Waals surface area contributed by atoms with Crippen molar-refractivity contribution in [1.82, 2.24) is 5.32 Å². The van der Waals surface area contributed by atoms with Crippen LogP contribution in [0.2, 0.25) is 0 Å². The van der Waals surface area contributed by atoms with Crippen LogP contribution in [0.1, 0.15) is 44.8 Å². The van der Waals surface area contributed by atoms with Crippen LogP contribution in [-0.2, 0) is 0 Å². The molecule has 0 bridgehead atoms. The van der Waals surface area contributed by atoms with Crippen LogP contribution in [0, 0.1) is 6.92 Å². The molecule has 0 radical (unpaired) electrons. The summed E-state index contributed by atoms with van der Waals surface area (Å²) in [5, 5.41) is 12.6. The molecular formula is C12H21NO2. The second-order valence-electron chi connectivity index (χ2n) is 4.32. The van der Waals surface area contributed by atoms with E-state index in [9.17, 15) is 5.11 Å². The number of aliphatic hydroxyl groups excluding tert-OH is 1. The quantitative estimate of drug-likeness (QED) is 0.786. The van der Waals surface area contributed by atoms with Gasteiger partial charge in [-0.3, -0.25) is 0 Å². The SMILES string of the molecule is Cc1ccc(C(C)NC(C)CC(C)O)o1. The Morgan fingerprint density at radius 1 is 1.33 bits per heavy atom. The van der Waals surface area contributed by atoms with Gasteiger partial charge in [-0.15, -0.1) is 0 Å². The van der Waals surface area contributed by atoms with Crippen LogP contribution < -0.4 is 5.32 Å². The van der Waals surface area contributed by atoms with Crippen molar-refractivity contribution >= 4 is 0 Å². The number of rotatable bonds is 5. The molecule has 15 heavy (non-hydrogen) atoms. The summed E-state index contributed by atoms with van der Waals surface area (Å²) in [5.41, 5.74) is 0. The van der Waals surface area contributed by atoms with E-state index in [-0.39, 0.29) is 18.2 Å². The van der Waals surface area contributed by atoms with Crippen molar-refractivity contribution in [1.29, 1.82) is 0 Å². The summed E-state index contributed by atoms with van der Waals surface area (Å²) in [5.74, 6) is 1.88. The molecule has 0 aliphatic heterocycles. The average molecular weight is 211 g/mol. The molecular weight excluding hydrogens is 190 g/mol. The van der Waals surface area contributed by atoms with Crippen LogP contribution in [-0.4, -0.2) is 17.3 Å². The van der Waals surface area contributed by atoms with Gasteiger partial charge in [0.2, 0.25) is 0 Å². The van der Waals surface area contributed by atoms with Gasteiger partial charge in [-0.25, -0.2) is 0 Å². The molecule has 0 saturated carbocycles. The summed E-state index contributed by atoms with van der Waals surface area (Å²) in [4.78, 5) is 0. The molecule has 0 spiro atoms. The van der Waals surface area contributed by atoms with E-state index in [2.05, 4.69) is 19.2 Å². The van der Waals surface area contributed by atoms with Crippen molar-refractivity contribution in [3.8, 4) is 0 Å². The second-order valence-corrected chi connectivity index (χ2v) is 4.32. The molecule has 0 aromatic carbocycles. The number of aliphatic hydroxyl groups is 1. The lowest BCUT2D eigenvalue weighted by Gasteiger charge is -2.19. The van der Waals surface area contributed by atoms with Gasteiger partial charge in [-0.2, -0.15) is 0 Å². The number of hydrogen-bond acceptors (Lipinski definition) is 3. The molecule has 0 aliphatic rings. The van der Waals surface area contributed by atoms with Crippen LogP contribution in [0.15, 0.2) is 16.5 Å². The van der Waals surface area contributed by atoms with E-state index < -0.39 is 0 Å². The van der Waals surface area contributed by atoms with E-state index in [1.165, 1.54) is 0 Å². The number of hydrogen-bond donors (Lipinski definition) is 2. The third-order valence-corrected chi connectivity index (χ3v) is 2.42. The Kier molecular flexibility index (Phi) is 4.36. The molecule has 0 fully saturated rings. The Morgan fingerprint density at radius 3 is 2.47 bits per heavy atom. The monoisotopic (exact) mass is 211 g/mol. The normalized spacial score (nSPS) is 17.4. The maximum atomic E-state index is 9.25. The van der Waals surface area contributed by atoms with Gasteiger partial charge in [-0.1, -0.05) is 0 Å². The summed E-state index contributed by atoms with van der Waals surface area (Å²) in [6.45, 7) is 7.88. The molecule has 0 amide bonds. The van der Waals surface area contributed by atoms with E-state index in [0.29, 0.717) is 0 Å². The van der Waals surface area contributed by atoms with Crippen molar-refractivity contribution in [2.24, 2.45) is 0 Å². The Labute approximate surface area is 91.5 Å². The zero-order valence-corrected chi connectivity index (χ0v) is 9.95. The van der Waals surface area contributed by atoms with Crippen molar-refractivity contribution in [3.63, 3.8) is 0 Å². The maximum Gasteiger partial charge on any atom is 0.120 e. The summed E-state index contributed by atoms with van der Waals surface area (Å²) in [6.07, 6.45) is 0.488. The Morgan fingerprint density at radius 2 is 2.00 bits per heavy atom. The lowest BCUT2D eigenvalue weighted by atomic mass is 10.1. The molecule has 1 aromatic heterocycles. The van der Waals surface area contributed by atoms with E-state index >= 15 is 0 Å². The van der Waals surface area contributed by atoms with Crippen molar-refractivity contribution < 1.29 is 9.52 Å². The zero-order valence-electron chi connectivity index (χ0n) is 9.95. The van der Waals surface area contributed by atoms with Crippen LogP contribution in [0.5, 0.6) is 0 Å². The molecule has 0 aliphatic carbocycles. The molecule has 3 atom stereocenters. The van der Waals surface area contributed by atoms with Crippen LogP contribution in [0.4, 0.5) is 0 Å². The van der Waals surface area contributed by atoms with Gasteiger partial charge in [0.1, 0.15) is 11.5 Å². The van der Waals surface area contributed by atoms with Gasteiger partial charge in [0.25, 0.3) is 0 Å². The van der Waals surface area contributed by atoms with Gasteiger partial charge in [0.05, 0.1) is 12.1 Å². The summed E-state index contributed by atoms with van der Waals surface area (Å²) in [7, 11) is 0. The predicted molar refractivity (Wildman–Crippen MR) is 60.8 cm³/mol. The molecule has 1 heterocycles. The standard InChI is InChI=1S/C12H21NO2/c1-8(7-9(2)14)13-11(4)12-6-5-10(3)15-12/h5-6,8-9,11,13-14H,7H2,1-4H3. The fourth-order valence-electron chi connectivity index (χ4n) is 1.77. The largest absolute Gasteiger partial charge is 0.465 e. The fourth-order valence-corrected chi connectivity index (χ4v) is 1.77. The Hall–Kier alpha value is -0.800.